The van der Waals surface area contributed by atoms with Crippen LogP contribution in [-0.4, -0.2) is 0 Å². The van der Waals surface area contributed by atoms with Crippen molar-refractivity contribution >= 4 is 0 Å². The van der Waals surface area contributed by atoms with Crippen LogP contribution in [0.4, 0.5) is 0 Å². The van der Waals surface area contributed by atoms with E-state index in [9.17, 15) is 0 Å². The number of rotatable bonds is 2. The van der Waals surface area contributed by atoms with Crippen LogP contribution in [0.3, 0.4) is 0 Å². The number of hydrogen-bond acceptors (Lipinski definition) is 0. The van der Waals surface area contributed by atoms with Gasteiger partial charge in [0.2, 0.25) is 0 Å². The minimum atomic E-state index is 0. The molecular formula is C16H24Cl2Zr. The first kappa shape index (κ1) is 24.4. The molecule has 0 aromatic heterocycles. The molecule has 3 heteroatoms. The van der Waals surface area contributed by atoms with Crippen LogP contribution in [0.15, 0.2) is 47.6 Å². The van der Waals surface area contributed by atoms with Crippen molar-refractivity contribution in [3.8, 4) is 0 Å². The van der Waals surface area contributed by atoms with Gasteiger partial charge >= 0.3 is 26.2 Å². The molecule has 0 heterocycles. The van der Waals surface area contributed by atoms with Crippen LogP contribution in [0.25, 0.3) is 0 Å². The third-order valence-electron chi connectivity index (χ3n) is 3.01. The first-order valence-corrected chi connectivity index (χ1v) is 6.33. The fraction of sp³-hybridized carbons (Fsp3) is 0.500. The van der Waals surface area contributed by atoms with E-state index in [1.807, 2.05) is 0 Å². The van der Waals surface area contributed by atoms with Gasteiger partial charge < -0.3 is 24.8 Å². The van der Waals surface area contributed by atoms with Crippen LogP contribution >= 0.6 is 0 Å². The zero-order chi connectivity index (χ0) is 12.0. The van der Waals surface area contributed by atoms with Gasteiger partial charge in [0.1, 0.15) is 0 Å². The van der Waals surface area contributed by atoms with Crippen LogP contribution in [-0.2, 0) is 26.2 Å². The van der Waals surface area contributed by atoms with Gasteiger partial charge in [-0.05, 0) is 30.3 Å². The van der Waals surface area contributed by atoms with Crippen molar-refractivity contribution < 1.29 is 51.0 Å². The van der Waals surface area contributed by atoms with Gasteiger partial charge in [-0.3, -0.25) is 0 Å². The number of allylic oxidation sites excluding steroid dienone is 8. The van der Waals surface area contributed by atoms with Gasteiger partial charge in [0.05, 0.1) is 0 Å². The van der Waals surface area contributed by atoms with E-state index in [2.05, 4.69) is 64.2 Å². The van der Waals surface area contributed by atoms with Crippen LogP contribution in [0.1, 0.15) is 40.5 Å². The van der Waals surface area contributed by atoms with Gasteiger partial charge in [0.25, 0.3) is 0 Å². The summed E-state index contributed by atoms with van der Waals surface area (Å²) >= 11 is 0. The van der Waals surface area contributed by atoms with Gasteiger partial charge in [0, 0.05) is 0 Å². The quantitative estimate of drug-likeness (QED) is 0.582. The maximum absolute atomic E-state index is 2.28. The molecule has 0 aliphatic heterocycles. The van der Waals surface area contributed by atoms with Gasteiger partial charge in [0.15, 0.2) is 0 Å². The fourth-order valence-corrected chi connectivity index (χ4v) is 1.80. The van der Waals surface area contributed by atoms with E-state index in [0.29, 0.717) is 5.92 Å². The van der Waals surface area contributed by atoms with Crippen molar-refractivity contribution in [2.45, 2.75) is 40.5 Å². The van der Waals surface area contributed by atoms with E-state index in [1.54, 1.807) is 5.57 Å². The van der Waals surface area contributed by atoms with Crippen LogP contribution in [0.5, 0.6) is 0 Å². The minimum Gasteiger partial charge on any atom is -1.00 e. The second-order valence-corrected chi connectivity index (χ2v) is 5.03. The van der Waals surface area contributed by atoms with Crippen LogP contribution < -0.4 is 24.8 Å². The monoisotopic (exact) mass is 376 g/mol. The first-order valence-electron chi connectivity index (χ1n) is 6.33. The van der Waals surface area contributed by atoms with Crippen molar-refractivity contribution in [3.63, 3.8) is 0 Å². The number of halogens is 2. The van der Waals surface area contributed by atoms with Gasteiger partial charge in [-0.1, -0.05) is 69.7 Å². The standard InChI is InChI=1S/2C8H12.2ClH.Zr/c2*1-7(2)8-5-3-4-6-8;;;/h3,5-7H,4H2,1-2H3;3-5,7H,6H2,1-2H3;2*1H;/q;;;;+2/p-2. The molecule has 2 aliphatic carbocycles. The summed E-state index contributed by atoms with van der Waals surface area (Å²) in [6.07, 6.45) is 15.6. The molecule has 0 fully saturated rings. The summed E-state index contributed by atoms with van der Waals surface area (Å²) in [5, 5.41) is 0. The third-order valence-corrected chi connectivity index (χ3v) is 3.01. The summed E-state index contributed by atoms with van der Waals surface area (Å²) in [4.78, 5) is 0. The molecule has 0 spiro atoms. The molecule has 0 saturated heterocycles. The van der Waals surface area contributed by atoms with E-state index in [-0.39, 0.29) is 51.0 Å². The Labute approximate surface area is 150 Å². The zero-order valence-corrected chi connectivity index (χ0v) is 16.3. The van der Waals surface area contributed by atoms with Gasteiger partial charge in [-0.2, -0.15) is 0 Å². The van der Waals surface area contributed by atoms with Crippen molar-refractivity contribution in [2.24, 2.45) is 11.8 Å². The molecule has 2 aliphatic rings. The summed E-state index contributed by atoms with van der Waals surface area (Å²) in [5.74, 6) is 1.46. The molecule has 0 nitrogen and oxygen atoms in total. The van der Waals surface area contributed by atoms with Gasteiger partial charge in [-0.25, -0.2) is 0 Å². The normalized spacial score (nSPS) is 14.8. The first-order chi connectivity index (χ1) is 7.61. The molecule has 0 radical (unpaired) electrons. The Morgan fingerprint density at radius 1 is 0.947 bits per heavy atom. The zero-order valence-electron chi connectivity index (χ0n) is 12.3. The molecule has 19 heavy (non-hydrogen) atoms. The van der Waals surface area contributed by atoms with Crippen molar-refractivity contribution in [1.82, 2.24) is 0 Å². The fourth-order valence-electron chi connectivity index (χ4n) is 1.80. The summed E-state index contributed by atoms with van der Waals surface area (Å²) < 4.78 is 0. The topological polar surface area (TPSA) is 0 Å². The second kappa shape index (κ2) is 13.4. The van der Waals surface area contributed by atoms with Crippen molar-refractivity contribution in [1.29, 1.82) is 0 Å². The Hall–Kier alpha value is 0.423. The van der Waals surface area contributed by atoms with Crippen molar-refractivity contribution in [3.05, 3.63) is 47.6 Å². The SMILES string of the molecule is CC(C)C1=CC=CC1.CC(C)C1=CCC=C1.[Cl-].[Cl-].[Zr+2]. The smallest absolute Gasteiger partial charge is 1.00 e. The molecule has 0 amide bonds. The van der Waals surface area contributed by atoms with Crippen LogP contribution in [0.2, 0.25) is 0 Å². The average Bonchev–Trinajstić information content (AvgIpc) is 2.93. The average molecular weight is 378 g/mol. The van der Waals surface area contributed by atoms with E-state index in [0.717, 1.165) is 12.3 Å². The third kappa shape index (κ3) is 9.88. The van der Waals surface area contributed by atoms with E-state index in [1.165, 1.54) is 12.0 Å². The predicted octanol–water partition coefficient (Wildman–Crippen LogP) is -0.937. The summed E-state index contributed by atoms with van der Waals surface area (Å²) in [6.45, 7) is 8.92. The molecule has 0 aromatic carbocycles. The molecule has 0 N–H and O–H groups in total. The summed E-state index contributed by atoms with van der Waals surface area (Å²) in [7, 11) is 0. The van der Waals surface area contributed by atoms with Crippen molar-refractivity contribution in [2.75, 3.05) is 0 Å². The van der Waals surface area contributed by atoms with E-state index >= 15 is 0 Å². The Bertz CT molecular complexity index is 337. The molecule has 0 bridgehead atoms. The second-order valence-electron chi connectivity index (χ2n) is 5.03. The largest absolute Gasteiger partial charge is 2.00 e. The maximum atomic E-state index is 2.28. The van der Waals surface area contributed by atoms with Gasteiger partial charge in [-0.15, -0.1) is 0 Å². The Balaban J connectivity index is -0.000000233. The van der Waals surface area contributed by atoms with E-state index < -0.39 is 0 Å². The Morgan fingerprint density at radius 3 is 1.79 bits per heavy atom. The molecule has 0 aromatic rings. The maximum Gasteiger partial charge on any atom is 2.00 e. The molecule has 0 unspecified atom stereocenters. The molecule has 106 valence electrons. The molecular weight excluding hydrogens is 354 g/mol. The summed E-state index contributed by atoms with van der Waals surface area (Å²) in [5.41, 5.74) is 3.05. The predicted molar refractivity (Wildman–Crippen MR) is 73.4 cm³/mol. The molecule has 0 atom stereocenters. The van der Waals surface area contributed by atoms with E-state index in [4.69, 9.17) is 0 Å². The minimum absolute atomic E-state index is 0. The molecule has 0 saturated carbocycles. The molecule has 2 rings (SSSR count). The van der Waals surface area contributed by atoms with Crippen LogP contribution in [0, 0.1) is 11.8 Å². The summed E-state index contributed by atoms with van der Waals surface area (Å²) in [6, 6.07) is 0. The number of hydrogen-bond donors (Lipinski definition) is 0. The Morgan fingerprint density at radius 2 is 1.58 bits per heavy atom. The Kier molecular flexibility index (Phi) is 17.2.